The molecule has 4 heteroatoms. The van der Waals surface area contributed by atoms with E-state index in [1.807, 2.05) is 30.3 Å². The molecular formula is C15H19N3O. The first-order valence-corrected chi connectivity index (χ1v) is 6.39. The van der Waals surface area contributed by atoms with Gasteiger partial charge in [0.05, 0.1) is 18.4 Å². The molecule has 2 rings (SSSR count). The van der Waals surface area contributed by atoms with Crippen LogP contribution in [0.2, 0.25) is 0 Å². The minimum atomic E-state index is 0.435. The average Bonchev–Trinajstić information content (AvgIpc) is 2.45. The largest absolute Gasteiger partial charge is 0.496 e. The van der Waals surface area contributed by atoms with Gasteiger partial charge >= 0.3 is 0 Å². The van der Waals surface area contributed by atoms with Gasteiger partial charge in [0.1, 0.15) is 5.75 Å². The highest BCUT2D eigenvalue weighted by molar-refractivity contribution is 5.63. The van der Waals surface area contributed by atoms with Gasteiger partial charge in [0.25, 0.3) is 0 Å². The van der Waals surface area contributed by atoms with Gasteiger partial charge in [-0.1, -0.05) is 26.0 Å². The molecular weight excluding hydrogens is 238 g/mol. The van der Waals surface area contributed by atoms with Crippen LogP contribution >= 0.6 is 0 Å². The molecule has 1 aromatic carbocycles. The Morgan fingerprint density at radius 1 is 1.21 bits per heavy atom. The maximum atomic E-state index is 5.34. The molecule has 0 fully saturated rings. The monoisotopic (exact) mass is 257 g/mol. The Hall–Kier alpha value is -1.94. The number of nitrogens with zero attached hydrogens (tertiary/aromatic N) is 2. The molecule has 100 valence electrons. The summed E-state index contributed by atoms with van der Waals surface area (Å²) in [7, 11) is 1.66. The van der Waals surface area contributed by atoms with Gasteiger partial charge in [-0.25, -0.2) is 9.97 Å². The summed E-state index contributed by atoms with van der Waals surface area (Å²) in [6.07, 6.45) is 1.78. The van der Waals surface area contributed by atoms with E-state index >= 15 is 0 Å². The van der Waals surface area contributed by atoms with Gasteiger partial charge in [-0.2, -0.15) is 0 Å². The molecule has 19 heavy (non-hydrogen) atoms. The molecule has 0 unspecified atom stereocenters. The van der Waals surface area contributed by atoms with Crippen molar-refractivity contribution in [2.24, 2.45) is 0 Å². The average molecular weight is 257 g/mol. The topological polar surface area (TPSA) is 47.0 Å². The van der Waals surface area contributed by atoms with Crippen molar-refractivity contribution in [3.8, 4) is 17.1 Å². The number of hydrogen-bond donors (Lipinski definition) is 1. The van der Waals surface area contributed by atoms with Gasteiger partial charge in [0.15, 0.2) is 5.82 Å². The third kappa shape index (κ3) is 3.51. The quantitative estimate of drug-likeness (QED) is 0.894. The van der Waals surface area contributed by atoms with Crippen molar-refractivity contribution in [3.63, 3.8) is 0 Å². The Morgan fingerprint density at radius 3 is 2.74 bits per heavy atom. The van der Waals surface area contributed by atoms with Crippen LogP contribution in [0.3, 0.4) is 0 Å². The van der Waals surface area contributed by atoms with E-state index in [4.69, 9.17) is 4.74 Å². The molecule has 0 aliphatic heterocycles. The first-order chi connectivity index (χ1) is 9.20. The van der Waals surface area contributed by atoms with Crippen molar-refractivity contribution >= 4 is 0 Å². The molecule has 1 aromatic heterocycles. The number of methoxy groups -OCH3 is 1. The van der Waals surface area contributed by atoms with Crippen LogP contribution in [0.1, 0.15) is 19.5 Å². The Labute approximate surface area is 113 Å². The van der Waals surface area contributed by atoms with Crippen LogP contribution in [0.25, 0.3) is 11.4 Å². The number of ether oxygens (including phenoxy) is 1. The first kappa shape index (κ1) is 13.5. The smallest absolute Gasteiger partial charge is 0.163 e. The number of nitrogens with one attached hydrogen (secondary N) is 1. The summed E-state index contributed by atoms with van der Waals surface area (Å²) >= 11 is 0. The van der Waals surface area contributed by atoms with E-state index < -0.39 is 0 Å². The lowest BCUT2D eigenvalue weighted by atomic mass is 10.2. The van der Waals surface area contributed by atoms with Crippen molar-refractivity contribution in [2.75, 3.05) is 7.11 Å². The molecule has 0 saturated heterocycles. The normalized spacial score (nSPS) is 10.7. The van der Waals surface area contributed by atoms with Crippen LogP contribution in [0.5, 0.6) is 5.75 Å². The minimum absolute atomic E-state index is 0.435. The molecule has 1 heterocycles. The van der Waals surface area contributed by atoms with Crippen LogP contribution in [0, 0.1) is 0 Å². The number of benzene rings is 1. The zero-order valence-electron chi connectivity index (χ0n) is 11.6. The third-order valence-corrected chi connectivity index (χ3v) is 2.75. The van der Waals surface area contributed by atoms with E-state index in [-0.39, 0.29) is 0 Å². The lowest BCUT2D eigenvalue weighted by Crippen LogP contribution is -2.22. The molecule has 4 nitrogen and oxygen atoms in total. The summed E-state index contributed by atoms with van der Waals surface area (Å²) in [5, 5.41) is 3.35. The fraction of sp³-hybridized carbons (Fsp3) is 0.333. The van der Waals surface area contributed by atoms with Crippen LogP contribution in [0.4, 0.5) is 0 Å². The highest BCUT2D eigenvalue weighted by atomic mass is 16.5. The van der Waals surface area contributed by atoms with Crippen molar-refractivity contribution in [3.05, 3.63) is 42.2 Å². The van der Waals surface area contributed by atoms with E-state index in [0.717, 1.165) is 23.6 Å². The Balaban J connectivity index is 2.27. The predicted molar refractivity (Wildman–Crippen MR) is 76.0 cm³/mol. The van der Waals surface area contributed by atoms with E-state index in [1.54, 1.807) is 13.3 Å². The molecule has 0 aliphatic carbocycles. The standard InChI is InChI=1S/C15H19N3O/c1-11(2)17-10-12-8-9-16-15(18-12)13-6-4-5-7-14(13)19-3/h4-9,11,17H,10H2,1-3H3. The van der Waals surface area contributed by atoms with Crippen LogP contribution in [0.15, 0.2) is 36.5 Å². The molecule has 0 aliphatic rings. The summed E-state index contributed by atoms with van der Waals surface area (Å²) in [6.45, 7) is 4.97. The fourth-order valence-electron chi connectivity index (χ4n) is 1.76. The summed E-state index contributed by atoms with van der Waals surface area (Å²) in [5.74, 6) is 1.48. The molecule has 0 saturated carbocycles. The molecule has 1 N–H and O–H groups in total. The number of aromatic nitrogens is 2. The molecule has 0 spiro atoms. The number of rotatable bonds is 5. The second kappa shape index (κ2) is 6.29. The Kier molecular flexibility index (Phi) is 4.47. The lowest BCUT2D eigenvalue weighted by molar-refractivity contribution is 0.416. The number of hydrogen-bond acceptors (Lipinski definition) is 4. The maximum absolute atomic E-state index is 5.34. The Morgan fingerprint density at radius 2 is 2.00 bits per heavy atom. The first-order valence-electron chi connectivity index (χ1n) is 6.39. The van der Waals surface area contributed by atoms with E-state index in [0.29, 0.717) is 11.9 Å². The molecule has 0 radical (unpaired) electrons. The van der Waals surface area contributed by atoms with Crippen molar-refractivity contribution in [2.45, 2.75) is 26.4 Å². The molecule has 2 aromatic rings. The molecule has 0 bridgehead atoms. The van der Waals surface area contributed by atoms with Crippen LogP contribution < -0.4 is 10.1 Å². The molecule has 0 amide bonds. The zero-order valence-corrected chi connectivity index (χ0v) is 11.6. The predicted octanol–water partition coefficient (Wildman–Crippen LogP) is 2.65. The van der Waals surface area contributed by atoms with Crippen molar-refractivity contribution in [1.82, 2.24) is 15.3 Å². The Bertz CT molecular complexity index is 540. The summed E-state index contributed by atoms with van der Waals surface area (Å²) in [6, 6.07) is 10.1. The minimum Gasteiger partial charge on any atom is -0.496 e. The van der Waals surface area contributed by atoms with Crippen molar-refractivity contribution < 1.29 is 4.74 Å². The third-order valence-electron chi connectivity index (χ3n) is 2.75. The SMILES string of the molecule is COc1ccccc1-c1nccc(CNC(C)C)n1. The summed E-state index contributed by atoms with van der Waals surface area (Å²) in [4.78, 5) is 8.90. The van der Waals surface area contributed by atoms with Crippen molar-refractivity contribution in [1.29, 1.82) is 0 Å². The van der Waals surface area contributed by atoms with Gasteiger partial charge < -0.3 is 10.1 Å². The molecule has 0 atom stereocenters. The summed E-state index contributed by atoms with van der Waals surface area (Å²) in [5.41, 5.74) is 1.89. The van der Waals surface area contributed by atoms with Gasteiger partial charge in [-0.05, 0) is 18.2 Å². The van der Waals surface area contributed by atoms with Gasteiger partial charge in [-0.15, -0.1) is 0 Å². The van der Waals surface area contributed by atoms with Gasteiger partial charge in [0.2, 0.25) is 0 Å². The highest BCUT2D eigenvalue weighted by Crippen LogP contribution is 2.26. The van der Waals surface area contributed by atoms with E-state index in [9.17, 15) is 0 Å². The lowest BCUT2D eigenvalue weighted by Gasteiger charge is -2.10. The second-order valence-electron chi connectivity index (χ2n) is 4.61. The van der Waals surface area contributed by atoms with Crippen LogP contribution in [-0.4, -0.2) is 23.1 Å². The van der Waals surface area contributed by atoms with E-state index in [1.165, 1.54) is 0 Å². The van der Waals surface area contributed by atoms with E-state index in [2.05, 4.69) is 29.1 Å². The fourth-order valence-corrected chi connectivity index (χ4v) is 1.76. The van der Waals surface area contributed by atoms with Gasteiger partial charge in [0, 0.05) is 18.8 Å². The zero-order chi connectivity index (χ0) is 13.7. The highest BCUT2D eigenvalue weighted by Gasteiger charge is 2.08. The van der Waals surface area contributed by atoms with Crippen LogP contribution in [-0.2, 0) is 6.54 Å². The maximum Gasteiger partial charge on any atom is 0.163 e. The number of para-hydroxylation sites is 1. The second-order valence-corrected chi connectivity index (χ2v) is 4.61. The summed E-state index contributed by atoms with van der Waals surface area (Å²) < 4.78 is 5.34. The van der Waals surface area contributed by atoms with Gasteiger partial charge in [-0.3, -0.25) is 0 Å².